The Morgan fingerprint density at radius 1 is 1.17 bits per heavy atom. The van der Waals surface area contributed by atoms with Crippen LogP contribution >= 0.6 is 0 Å². The molecule has 0 amide bonds. The molecule has 0 aliphatic rings. The maximum atomic E-state index is 9.33. The molecule has 18 heavy (non-hydrogen) atoms. The Labute approximate surface area is 109 Å². The van der Waals surface area contributed by atoms with Gasteiger partial charge in [0.2, 0.25) is 0 Å². The van der Waals surface area contributed by atoms with E-state index in [1.165, 1.54) is 0 Å². The van der Waals surface area contributed by atoms with E-state index in [4.69, 9.17) is 0 Å². The van der Waals surface area contributed by atoms with Crippen molar-refractivity contribution in [3.8, 4) is 0 Å². The molecule has 0 aromatic carbocycles. The summed E-state index contributed by atoms with van der Waals surface area (Å²) in [5.41, 5.74) is 1.08. The highest BCUT2D eigenvalue weighted by Crippen LogP contribution is 2.28. The minimum atomic E-state index is -0.396. The van der Waals surface area contributed by atoms with Crippen LogP contribution in [0.5, 0.6) is 0 Å². The van der Waals surface area contributed by atoms with Gasteiger partial charge in [-0.1, -0.05) is 20.8 Å². The second-order valence-corrected chi connectivity index (χ2v) is 4.80. The van der Waals surface area contributed by atoms with Crippen LogP contribution in [-0.2, 0) is 0 Å². The standard InChI is InChI=1S/C13H24N4O/c1-5-6-14-12-11(9(2)3)13(17-8-16-12)15-7-10(4)18/h8-10,18H,5-7H2,1-4H3,(H2,14,15,16,17). The first-order valence-electron chi connectivity index (χ1n) is 6.56. The molecule has 0 saturated carbocycles. The fourth-order valence-corrected chi connectivity index (χ4v) is 1.71. The second-order valence-electron chi connectivity index (χ2n) is 4.80. The first-order chi connectivity index (χ1) is 8.56. The van der Waals surface area contributed by atoms with Crippen molar-refractivity contribution >= 4 is 11.6 Å². The van der Waals surface area contributed by atoms with Gasteiger partial charge in [-0.2, -0.15) is 0 Å². The van der Waals surface area contributed by atoms with E-state index < -0.39 is 6.10 Å². The van der Waals surface area contributed by atoms with Gasteiger partial charge in [-0.05, 0) is 19.3 Å². The third-order valence-electron chi connectivity index (χ3n) is 2.57. The predicted molar refractivity (Wildman–Crippen MR) is 75.1 cm³/mol. The number of hydrogen-bond donors (Lipinski definition) is 3. The monoisotopic (exact) mass is 252 g/mol. The highest BCUT2D eigenvalue weighted by molar-refractivity contribution is 5.59. The average molecular weight is 252 g/mol. The van der Waals surface area contributed by atoms with E-state index in [2.05, 4.69) is 41.4 Å². The van der Waals surface area contributed by atoms with Gasteiger partial charge in [0.1, 0.15) is 18.0 Å². The molecule has 0 saturated heterocycles. The maximum absolute atomic E-state index is 9.33. The zero-order valence-corrected chi connectivity index (χ0v) is 11.7. The van der Waals surface area contributed by atoms with Crippen molar-refractivity contribution in [2.45, 2.75) is 46.1 Å². The van der Waals surface area contributed by atoms with Crippen LogP contribution in [0.1, 0.15) is 45.6 Å². The topological polar surface area (TPSA) is 70.1 Å². The quantitative estimate of drug-likeness (QED) is 0.694. The Morgan fingerprint density at radius 3 is 2.28 bits per heavy atom. The number of aliphatic hydroxyl groups is 1. The van der Waals surface area contributed by atoms with Gasteiger partial charge in [0.15, 0.2) is 0 Å². The number of nitrogens with zero attached hydrogens (tertiary/aromatic N) is 2. The van der Waals surface area contributed by atoms with Crippen LogP contribution in [0.15, 0.2) is 6.33 Å². The zero-order valence-electron chi connectivity index (χ0n) is 11.7. The fourth-order valence-electron chi connectivity index (χ4n) is 1.71. The molecule has 1 unspecified atom stereocenters. The number of aromatic nitrogens is 2. The van der Waals surface area contributed by atoms with Gasteiger partial charge in [0.05, 0.1) is 6.10 Å². The number of hydrogen-bond acceptors (Lipinski definition) is 5. The Kier molecular flexibility index (Phi) is 5.85. The van der Waals surface area contributed by atoms with E-state index in [0.29, 0.717) is 12.5 Å². The molecule has 1 aromatic heterocycles. The number of rotatable bonds is 7. The molecule has 1 heterocycles. The van der Waals surface area contributed by atoms with E-state index in [9.17, 15) is 5.11 Å². The molecule has 3 N–H and O–H groups in total. The number of nitrogens with one attached hydrogen (secondary N) is 2. The van der Waals surface area contributed by atoms with Crippen molar-refractivity contribution in [2.24, 2.45) is 0 Å². The molecule has 1 rings (SSSR count). The normalized spacial score (nSPS) is 12.6. The summed E-state index contributed by atoms with van der Waals surface area (Å²) in [7, 11) is 0. The largest absolute Gasteiger partial charge is 0.392 e. The fraction of sp³-hybridized carbons (Fsp3) is 0.692. The molecule has 0 fully saturated rings. The smallest absolute Gasteiger partial charge is 0.135 e. The SMILES string of the molecule is CCCNc1ncnc(NCC(C)O)c1C(C)C. The summed E-state index contributed by atoms with van der Waals surface area (Å²) >= 11 is 0. The Morgan fingerprint density at radius 2 is 1.78 bits per heavy atom. The maximum Gasteiger partial charge on any atom is 0.135 e. The molecule has 5 heteroatoms. The second kappa shape index (κ2) is 7.16. The van der Waals surface area contributed by atoms with Gasteiger partial charge in [-0.25, -0.2) is 9.97 Å². The molecule has 0 aliphatic heterocycles. The van der Waals surface area contributed by atoms with E-state index in [1.54, 1.807) is 13.3 Å². The summed E-state index contributed by atoms with van der Waals surface area (Å²) in [6.07, 6.45) is 2.21. The highest BCUT2D eigenvalue weighted by atomic mass is 16.3. The molecule has 1 aromatic rings. The summed E-state index contributed by atoms with van der Waals surface area (Å²) in [6.45, 7) is 9.48. The lowest BCUT2D eigenvalue weighted by atomic mass is 10.0. The van der Waals surface area contributed by atoms with E-state index in [1.807, 2.05) is 0 Å². The van der Waals surface area contributed by atoms with Gasteiger partial charge < -0.3 is 15.7 Å². The van der Waals surface area contributed by atoms with Crippen LogP contribution in [0.25, 0.3) is 0 Å². The molecule has 0 aliphatic carbocycles. The average Bonchev–Trinajstić information content (AvgIpc) is 2.33. The minimum absolute atomic E-state index is 0.321. The Bertz CT molecular complexity index is 366. The van der Waals surface area contributed by atoms with Crippen molar-refractivity contribution < 1.29 is 5.11 Å². The van der Waals surface area contributed by atoms with Crippen molar-refractivity contribution in [3.63, 3.8) is 0 Å². The van der Waals surface area contributed by atoms with Crippen molar-refractivity contribution in [2.75, 3.05) is 23.7 Å². The molecular weight excluding hydrogens is 228 g/mol. The van der Waals surface area contributed by atoms with Gasteiger partial charge in [0.25, 0.3) is 0 Å². The number of aliphatic hydroxyl groups excluding tert-OH is 1. The predicted octanol–water partition coefficient (Wildman–Crippen LogP) is 2.21. The van der Waals surface area contributed by atoms with E-state index in [-0.39, 0.29) is 0 Å². The molecule has 5 nitrogen and oxygen atoms in total. The van der Waals surface area contributed by atoms with Crippen LogP contribution in [-0.4, -0.2) is 34.3 Å². The number of anilines is 2. The van der Waals surface area contributed by atoms with Gasteiger partial charge in [0, 0.05) is 18.7 Å². The van der Waals surface area contributed by atoms with Crippen LogP contribution in [0.2, 0.25) is 0 Å². The van der Waals surface area contributed by atoms with Gasteiger partial charge >= 0.3 is 0 Å². The lowest BCUT2D eigenvalue weighted by molar-refractivity contribution is 0.208. The van der Waals surface area contributed by atoms with Gasteiger partial charge in [-0.3, -0.25) is 0 Å². The van der Waals surface area contributed by atoms with E-state index in [0.717, 1.165) is 30.2 Å². The van der Waals surface area contributed by atoms with Crippen LogP contribution in [0.3, 0.4) is 0 Å². The van der Waals surface area contributed by atoms with Crippen molar-refractivity contribution in [3.05, 3.63) is 11.9 Å². The lowest BCUT2D eigenvalue weighted by Crippen LogP contribution is -2.18. The lowest BCUT2D eigenvalue weighted by Gasteiger charge is -2.18. The molecule has 102 valence electrons. The van der Waals surface area contributed by atoms with Crippen LogP contribution in [0.4, 0.5) is 11.6 Å². The van der Waals surface area contributed by atoms with Crippen LogP contribution < -0.4 is 10.6 Å². The summed E-state index contributed by atoms with van der Waals surface area (Å²) in [6, 6.07) is 0. The molecule has 0 radical (unpaired) electrons. The summed E-state index contributed by atoms with van der Waals surface area (Å²) < 4.78 is 0. The first-order valence-corrected chi connectivity index (χ1v) is 6.56. The zero-order chi connectivity index (χ0) is 13.5. The van der Waals surface area contributed by atoms with Crippen molar-refractivity contribution in [1.82, 2.24) is 9.97 Å². The third kappa shape index (κ3) is 4.14. The van der Waals surface area contributed by atoms with E-state index >= 15 is 0 Å². The summed E-state index contributed by atoms with van der Waals surface area (Å²) in [5.74, 6) is 2.01. The Balaban J connectivity index is 2.93. The van der Waals surface area contributed by atoms with Gasteiger partial charge in [-0.15, -0.1) is 0 Å². The minimum Gasteiger partial charge on any atom is -0.392 e. The van der Waals surface area contributed by atoms with Crippen molar-refractivity contribution in [1.29, 1.82) is 0 Å². The third-order valence-corrected chi connectivity index (χ3v) is 2.57. The Hall–Kier alpha value is -1.36. The molecular formula is C13H24N4O. The van der Waals surface area contributed by atoms with Crippen LogP contribution in [0, 0.1) is 0 Å². The summed E-state index contributed by atoms with van der Waals surface area (Å²) in [5, 5.41) is 15.8. The molecule has 1 atom stereocenters. The molecule has 0 bridgehead atoms. The highest BCUT2D eigenvalue weighted by Gasteiger charge is 2.14. The first kappa shape index (κ1) is 14.7. The molecule has 0 spiro atoms. The summed E-state index contributed by atoms with van der Waals surface area (Å²) in [4.78, 5) is 8.57.